The molecule has 0 N–H and O–H groups in total. The Hall–Kier alpha value is -0.0400. The summed E-state index contributed by atoms with van der Waals surface area (Å²) in [5.41, 5.74) is -0.0747. The van der Waals surface area contributed by atoms with E-state index < -0.39 is 0 Å². The third-order valence-corrected chi connectivity index (χ3v) is 1.16. The van der Waals surface area contributed by atoms with Crippen LogP contribution in [0.2, 0.25) is 0 Å². The van der Waals surface area contributed by atoms with Gasteiger partial charge in [-0.2, -0.15) is 0 Å². The van der Waals surface area contributed by atoms with Crippen LogP contribution in [0.5, 0.6) is 0 Å². The van der Waals surface area contributed by atoms with Gasteiger partial charge in [0.2, 0.25) is 0 Å². The minimum Gasteiger partial charge on any atom is -0.381 e. The third kappa shape index (κ3) is 2.31. The molecule has 1 nitrogen and oxygen atoms in total. The maximum Gasteiger partial charge on any atom is 0.0623 e. The molecule has 0 aliphatic carbocycles. The molecule has 0 amide bonds. The van der Waals surface area contributed by atoms with Crippen LogP contribution in [0, 0.1) is 19.3 Å². The van der Waals surface area contributed by atoms with Crippen molar-refractivity contribution in [3.8, 4) is 0 Å². The maximum atomic E-state index is 4.94. The van der Waals surface area contributed by atoms with Gasteiger partial charge >= 0.3 is 0 Å². The standard InChI is InChI=1S/C7H14O/c1-6(8-5)7(2,3)4/h6H,1-2H2,3-5H3. The smallest absolute Gasteiger partial charge is 0.0623 e. The zero-order valence-electron chi connectivity index (χ0n) is 5.90. The maximum absolute atomic E-state index is 4.94. The average molecular weight is 114 g/mol. The lowest BCUT2D eigenvalue weighted by Gasteiger charge is -2.24. The highest BCUT2D eigenvalue weighted by Crippen LogP contribution is 2.19. The Morgan fingerprint density at radius 2 is 1.88 bits per heavy atom. The second-order valence-electron chi connectivity index (χ2n) is 2.71. The summed E-state index contributed by atoms with van der Waals surface area (Å²) in [6.07, 6.45) is -0.0116. The van der Waals surface area contributed by atoms with Crippen molar-refractivity contribution in [1.82, 2.24) is 0 Å². The molecule has 0 aromatic heterocycles. The van der Waals surface area contributed by atoms with Crippen LogP contribution in [0.25, 0.3) is 0 Å². The van der Waals surface area contributed by atoms with Gasteiger partial charge < -0.3 is 4.74 Å². The van der Waals surface area contributed by atoms with E-state index in [1.807, 2.05) is 13.8 Å². The lowest BCUT2D eigenvalue weighted by molar-refractivity contribution is 0.0652. The molecule has 0 aliphatic rings. The van der Waals surface area contributed by atoms with Crippen molar-refractivity contribution in [3.05, 3.63) is 13.8 Å². The highest BCUT2D eigenvalue weighted by atomic mass is 16.5. The molecule has 0 spiro atoms. The van der Waals surface area contributed by atoms with Gasteiger partial charge in [0.25, 0.3) is 0 Å². The first-order valence-corrected chi connectivity index (χ1v) is 2.69. The second kappa shape index (κ2) is 2.49. The summed E-state index contributed by atoms with van der Waals surface area (Å²) in [6, 6.07) is 0. The largest absolute Gasteiger partial charge is 0.381 e. The molecule has 1 heteroatoms. The SMILES string of the molecule is [CH2]C(OC)C([CH2])(C)C. The first kappa shape index (κ1) is 7.96. The van der Waals surface area contributed by atoms with E-state index in [4.69, 9.17) is 4.74 Å². The summed E-state index contributed by atoms with van der Waals surface area (Å²) in [4.78, 5) is 0. The van der Waals surface area contributed by atoms with E-state index >= 15 is 0 Å². The van der Waals surface area contributed by atoms with Gasteiger partial charge in [-0.15, -0.1) is 0 Å². The van der Waals surface area contributed by atoms with Crippen LogP contribution in [0.15, 0.2) is 0 Å². The molecule has 2 radical (unpaired) electrons. The normalized spacial score (nSPS) is 16.1. The number of rotatable bonds is 2. The fraction of sp³-hybridized carbons (Fsp3) is 0.714. The van der Waals surface area contributed by atoms with Gasteiger partial charge in [0.1, 0.15) is 0 Å². The molecule has 0 heterocycles. The average Bonchev–Trinajstić information content (AvgIpc) is 1.62. The first-order valence-electron chi connectivity index (χ1n) is 2.69. The van der Waals surface area contributed by atoms with Crippen LogP contribution in [0.1, 0.15) is 13.8 Å². The van der Waals surface area contributed by atoms with Crippen molar-refractivity contribution < 1.29 is 4.74 Å². The van der Waals surface area contributed by atoms with Crippen molar-refractivity contribution in [1.29, 1.82) is 0 Å². The van der Waals surface area contributed by atoms with E-state index in [1.54, 1.807) is 7.11 Å². The Kier molecular flexibility index (Phi) is 2.48. The highest BCUT2D eigenvalue weighted by Gasteiger charge is 2.18. The number of hydrogen-bond acceptors (Lipinski definition) is 1. The summed E-state index contributed by atoms with van der Waals surface area (Å²) in [5.74, 6) is 0. The summed E-state index contributed by atoms with van der Waals surface area (Å²) in [6.45, 7) is 11.6. The third-order valence-electron chi connectivity index (χ3n) is 1.16. The van der Waals surface area contributed by atoms with E-state index in [2.05, 4.69) is 13.8 Å². The Balaban J connectivity index is 3.62. The fourth-order valence-electron chi connectivity index (χ4n) is 0.319. The molecule has 0 aliphatic heterocycles. The Labute approximate surface area is 52.0 Å². The monoisotopic (exact) mass is 114 g/mol. The molecule has 0 bridgehead atoms. The molecule has 0 aromatic carbocycles. The van der Waals surface area contributed by atoms with Gasteiger partial charge in [0.15, 0.2) is 0 Å². The summed E-state index contributed by atoms with van der Waals surface area (Å²) < 4.78 is 4.94. The van der Waals surface area contributed by atoms with Gasteiger partial charge in [0, 0.05) is 7.11 Å². The van der Waals surface area contributed by atoms with E-state index in [9.17, 15) is 0 Å². The lowest BCUT2D eigenvalue weighted by Crippen LogP contribution is -2.25. The van der Waals surface area contributed by atoms with Crippen LogP contribution in [0.3, 0.4) is 0 Å². The highest BCUT2D eigenvalue weighted by molar-refractivity contribution is 4.82. The molecule has 0 saturated heterocycles. The van der Waals surface area contributed by atoms with Crippen molar-refractivity contribution in [2.24, 2.45) is 5.41 Å². The minimum absolute atomic E-state index is 0.0116. The van der Waals surface area contributed by atoms with E-state index in [0.29, 0.717) is 0 Å². The predicted molar refractivity (Wildman–Crippen MR) is 35.3 cm³/mol. The van der Waals surface area contributed by atoms with Crippen LogP contribution < -0.4 is 0 Å². The Morgan fingerprint density at radius 1 is 1.50 bits per heavy atom. The molecule has 1 atom stereocenters. The van der Waals surface area contributed by atoms with Gasteiger partial charge in [-0.3, -0.25) is 0 Å². The second-order valence-corrected chi connectivity index (χ2v) is 2.71. The summed E-state index contributed by atoms with van der Waals surface area (Å²) in [7, 11) is 1.64. The van der Waals surface area contributed by atoms with Crippen LogP contribution in [-0.2, 0) is 4.74 Å². The van der Waals surface area contributed by atoms with Crippen molar-refractivity contribution in [2.45, 2.75) is 20.0 Å². The Bertz CT molecular complexity index is 61.3. The van der Waals surface area contributed by atoms with Crippen LogP contribution in [-0.4, -0.2) is 13.2 Å². The minimum atomic E-state index is -0.0747. The van der Waals surface area contributed by atoms with E-state index in [1.165, 1.54) is 0 Å². The summed E-state index contributed by atoms with van der Waals surface area (Å²) in [5, 5.41) is 0. The summed E-state index contributed by atoms with van der Waals surface area (Å²) >= 11 is 0. The molecule has 1 unspecified atom stereocenters. The quantitative estimate of drug-likeness (QED) is 0.531. The number of methoxy groups -OCH3 is 1. The first-order chi connectivity index (χ1) is 3.48. The molecule has 8 heavy (non-hydrogen) atoms. The fourth-order valence-corrected chi connectivity index (χ4v) is 0.319. The van der Waals surface area contributed by atoms with Gasteiger partial charge in [0.05, 0.1) is 6.10 Å². The number of hydrogen-bond donors (Lipinski definition) is 0. The molecular formula is C7H14O. The molecule has 0 aromatic rings. The molecular weight excluding hydrogens is 100 g/mol. The molecule has 0 saturated carbocycles. The zero-order chi connectivity index (χ0) is 6.78. The molecule has 48 valence electrons. The van der Waals surface area contributed by atoms with Gasteiger partial charge in [-0.1, -0.05) is 13.8 Å². The van der Waals surface area contributed by atoms with Crippen molar-refractivity contribution in [2.75, 3.05) is 7.11 Å². The van der Waals surface area contributed by atoms with Gasteiger partial charge in [-0.25, -0.2) is 0 Å². The topological polar surface area (TPSA) is 9.23 Å². The number of ether oxygens (including phenoxy) is 1. The zero-order valence-corrected chi connectivity index (χ0v) is 5.90. The van der Waals surface area contributed by atoms with Crippen LogP contribution in [0.4, 0.5) is 0 Å². The molecule has 0 rings (SSSR count). The van der Waals surface area contributed by atoms with Gasteiger partial charge in [-0.05, 0) is 19.3 Å². The molecule has 0 fully saturated rings. The van der Waals surface area contributed by atoms with Crippen molar-refractivity contribution in [3.63, 3.8) is 0 Å². The van der Waals surface area contributed by atoms with Crippen LogP contribution >= 0.6 is 0 Å². The van der Waals surface area contributed by atoms with E-state index in [0.717, 1.165) is 0 Å². The van der Waals surface area contributed by atoms with E-state index in [-0.39, 0.29) is 11.5 Å². The lowest BCUT2D eigenvalue weighted by atomic mass is 9.90. The van der Waals surface area contributed by atoms with Crippen molar-refractivity contribution >= 4 is 0 Å². The Morgan fingerprint density at radius 3 is 1.88 bits per heavy atom. The predicted octanol–water partition coefficient (Wildman–Crippen LogP) is 1.70.